The number of rotatable bonds is 3. The van der Waals surface area contributed by atoms with E-state index in [0.717, 1.165) is 6.07 Å². The fourth-order valence-corrected chi connectivity index (χ4v) is 0.890. The van der Waals surface area contributed by atoms with Gasteiger partial charge in [0.15, 0.2) is 12.1 Å². The molecule has 0 saturated heterocycles. The Bertz CT molecular complexity index is 221. The number of hydrogen-bond donors (Lipinski definition) is 0. The van der Waals surface area contributed by atoms with E-state index in [-0.39, 0.29) is 0 Å². The van der Waals surface area contributed by atoms with Gasteiger partial charge in [-0.1, -0.05) is 0 Å². The zero-order chi connectivity index (χ0) is 12.3. The Kier molecular flexibility index (Phi) is 4.37. The highest BCUT2D eigenvalue weighted by Gasteiger charge is 2.56. The van der Waals surface area contributed by atoms with Gasteiger partial charge in [-0.3, -0.25) is 0 Å². The number of halogens is 7. The van der Waals surface area contributed by atoms with Gasteiger partial charge in [-0.15, -0.1) is 0 Å². The van der Waals surface area contributed by atoms with Crippen molar-refractivity contribution in [3.05, 3.63) is 0 Å². The molecule has 0 radical (unpaired) electrons. The van der Waals surface area contributed by atoms with Crippen LogP contribution in [0.4, 0.5) is 30.7 Å². The van der Waals surface area contributed by atoms with Gasteiger partial charge in [0.1, 0.15) is 0 Å². The summed E-state index contributed by atoms with van der Waals surface area (Å²) >= 11 is 0. The molecule has 0 amide bonds. The van der Waals surface area contributed by atoms with E-state index in [1.54, 1.807) is 0 Å². The minimum absolute atomic E-state index is 0.922. The Labute approximate surface area is 80.5 Å². The highest BCUT2D eigenvalue weighted by molar-refractivity contribution is 4.85. The summed E-state index contributed by atoms with van der Waals surface area (Å²) < 4.78 is 83.2. The zero-order valence-electron chi connectivity index (χ0n) is 7.16. The van der Waals surface area contributed by atoms with Gasteiger partial charge in [0.25, 0.3) is 0 Å². The van der Waals surface area contributed by atoms with Gasteiger partial charge in [0.05, 0.1) is 6.07 Å². The van der Waals surface area contributed by atoms with Crippen LogP contribution in [0.25, 0.3) is 0 Å². The van der Waals surface area contributed by atoms with Crippen LogP contribution in [0.2, 0.25) is 0 Å². The molecule has 0 saturated carbocycles. The van der Waals surface area contributed by atoms with Crippen LogP contribution in [0.15, 0.2) is 0 Å². The van der Waals surface area contributed by atoms with Crippen molar-refractivity contribution in [1.82, 2.24) is 0 Å². The van der Waals surface area contributed by atoms with Gasteiger partial charge < -0.3 is 0 Å². The Morgan fingerprint density at radius 2 is 1.33 bits per heavy atom. The smallest absolute Gasteiger partial charge is 0.231 e. The maximum absolute atomic E-state index is 12.2. The second-order valence-electron chi connectivity index (χ2n) is 2.81. The van der Waals surface area contributed by atoms with Gasteiger partial charge in [0.2, 0.25) is 0 Å². The summed E-state index contributed by atoms with van der Waals surface area (Å²) in [6, 6.07) is 0.922. The molecule has 0 aromatic rings. The van der Waals surface area contributed by atoms with E-state index in [1.165, 1.54) is 0 Å². The average Bonchev–Trinajstić information content (AvgIpc) is 1.99. The van der Waals surface area contributed by atoms with Crippen molar-refractivity contribution in [1.29, 1.82) is 5.26 Å². The molecule has 0 spiro atoms. The molecule has 0 heterocycles. The number of nitrogens with zero attached hydrogens (tertiary/aromatic N) is 1. The standard InChI is InChI=1S/C7H6F7N/c8-4(3-15)1-2-5(6(9,10)11)7(12,13)14/h4-5H,1-2H2. The minimum atomic E-state index is -5.46. The fraction of sp³-hybridized carbons (Fsp3) is 0.857. The van der Waals surface area contributed by atoms with Crippen LogP contribution < -0.4 is 0 Å². The third-order valence-electron chi connectivity index (χ3n) is 1.64. The van der Waals surface area contributed by atoms with E-state index in [2.05, 4.69) is 0 Å². The molecule has 88 valence electrons. The van der Waals surface area contributed by atoms with Crippen LogP contribution >= 0.6 is 0 Å². The molecular weight excluding hydrogens is 231 g/mol. The van der Waals surface area contributed by atoms with E-state index in [9.17, 15) is 30.7 Å². The third kappa shape index (κ3) is 4.85. The topological polar surface area (TPSA) is 23.8 Å². The maximum atomic E-state index is 12.2. The van der Waals surface area contributed by atoms with Gasteiger partial charge in [-0.2, -0.15) is 31.6 Å². The highest BCUT2D eigenvalue weighted by Crippen LogP contribution is 2.42. The molecule has 0 aromatic heterocycles. The van der Waals surface area contributed by atoms with E-state index >= 15 is 0 Å². The van der Waals surface area contributed by atoms with Gasteiger partial charge in [-0.25, -0.2) is 4.39 Å². The lowest BCUT2D eigenvalue weighted by atomic mass is 10.0. The molecule has 0 rings (SSSR count). The first kappa shape index (κ1) is 14.0. The molecule has 0 bridgehead atoms. The molecule has 0 N–H and O–H groups in total. The summed E-state index contributed by atoms with van der Waals surface area (Å²) in [6.45, 7) is 0. The Morgan fingerprint density at radius 3 is 1.60 bits per heavy atom. The van der Waals surface area contributed by atoms with Crippen molar-refractivity contribution in [2.75, 3.05) is 0 Å². The van der Waals surface area contributed by atoms with Crippen LogP contribution in [0.1, 0.15) is 12.8 Å². The van der Waals surface area contributed by atoms with E-state index in [1.807, 2.05) is 0 Å². The van der Waals surface area contributed by atoms with E-state index in [0.29, 0.717) is 0 Å². The van der Waals surface area contributed by atoms with Crippen LogP contribution in [0, 0.1) is 17.2 Å². The predicted molar refractivity (Wildman–Crippen MR) is 35.3 cm³/mol. The van der Waals surface area contributed by atoms with Crippen molar-refractivity contribution in [3.8, 4) is 6.07 Å². The molecule has 1 atom stereocenters. The minimum Gasteiger partial charge on any atom is -0.231 e. The summed E-state index contributed by atoms with van der Waals surface area (Å²) in [7, 11) is 0. The van der Waals surface area contributed by atoms with Crippen molar-refractivity contribution in [3.63, 3.8) is 0 Å². The van der Waals surface area contributed by atoms with Crippen molar-refractivity contribution in [2.45, 2.75) is 31.4 Å². The molecule has 0 aliphatic carbocycles. The SMILES string of the molecule is N#CC(F)CCC(C(F)(F)F)C(F)(F)F. The van der Waals surface area contributed by atoms with Crippen LogP contribution in [0.3, 0.4) is 0 Å². The summed E-state index contributed by atoms with van der Waals surface area (Å²) in [4.78, 5) is 0. The van der Waals surface area contributed by atoms with Crippen molar-refractivity contribution in [2.24, 2.45) is 5.92 Å². The molecule has 1 unspecified atom stereocenters. The van der Waals surface area contributed by atoms with Crippen molar-refractivity contribution < 1.29 is 30.7 Å². The first-order valence-electron chi connectivity index (χ1n) is 3.76. The van der Waals surface area contributed by atoms with E-state index < -0.39 is 37.3 Å². The second-order valence-corrected chi connectivity index (χ2v) is 2.81. The normalized spacial score (nSPS) is 15.1. The van der Waals surface area contributed by atoms with E-state index in [4.69, 9.17) is 5.26 Å². The molecule has 1 nitrogen and oxygen atoms in total. The average molecular weight is 237 g/mol. The fourth-order valence-electron chi connectivity index (χ4n) is 0.890. The van der Waals surface area contributed by atoms with Gasteiger partial charge in [-0.05, 0) is 12.8 Å². The Morgan fingerprint density at radius 1 is 0.933 bits per heavy atom. The first-order chi connectivity index (χ1) is 6.59. The van der Waals surface area contributed by atoms with Gasteiger partial charge in [0, 0.05) is 0 Å². The largest absolute Gasteiger partial charge is 0.400 e. The molecule has 0 aromatic carbocycles. The van der Waals surface area contributed by atoms with Gasteiger partial charge >= 0.3 is 12.4 Å². The maximum Gasteiger partial charge on any atom is 0.400 e. The number of nitriles is 1. The second kappa shape index (κ2) is 4.68. The van der Waals surface area contributed by atoms with Crippen LogP contribution in [-0.4, -0.2) is 18.5 Å². The Hall–Kier alpha value is -1.00. The lowest BCUT2D eigenvalue weighted by Gasteiger charge is -2.22. The third-order valence-corrected chi connectivity index (χ3v) is 1.64. The highest BCUT2D eigenvalue weighted by atomic mass is 19.4. The summed E-state index contributed by atoms with van der Waals surface area (Å²) in [6.07, 6.45) is -15.8. The summed E-state index contributed by atoms with van der Waals surface area (Å²) in [5, 5.41) is 7.87. The van der Waals surface area contributed by atoms with Crippen LogP contribution in [0.5, 0.6) is 0 Å². The molecule has 15 heavy (non-hydrogen) atoms. The zero-order valence-corrected chi connectivity index (χ0v) is 7.16. The molecule has 0 aliphatic rings. The Balaban J connectivity index is 4.50. The lowest BCUT2D eigenvalue weighted by Crippen LogP contribution is -2.36. The quantitative estimate of drug-likeness (QED) is 0.690. The molecule has 0 fully saturated rings. The molecular formula is C7H6F7N. The molecule has 8 heteroatoms. The summed E-state index contributed by atoms with van der Waals surface area (Å²) in [5.74, 6) is -3.57. The lowest BCUT2D eigenvalue weighted by molar-refractivity contribution is -0.286. The summed E-state index contributed by atoms with van der Waals surface area (Å²) in [5.41, 5.74) is 0. The van der Waals surface area contributed by atoms with Crippen molar-refractivity contribution >= 4 is 0 Å². The molecule has 0 aliphatic heterocycles. The monoisotopic (exact) mass is 237 g/mol. The number of hydrogen-bond acceptors (Lipinski definition) is 1. The predicted octanol–water partition coefficient (Wildman–Crippen LogP) is 3.37. The first-order valence-corrected chi connectivity index (χ1v) is 3.76. The number of alkyl halides is 7. The van der Waals surface area contributed by atoms with Crippen LogP contribution in [-0.2, 0) is 0 Å².